The van der Waals surface area contributed by atoms with Crippen LogP contribution in [0.25, 0.3) is 111 Å². The summed E-state index contributed by atoms with van der Waals surface area (Å²) in [5, 5.41) is 6.81. The molecule has 318 valence electrons. The number of pyridine rings is 1. The van der Waals surface area contributed by atoms with Gasteiger partial charge in [0, 0.05) is 49.2 Å². The van der Waals surface area contributed by atoms with Crippen LogP contribution in [0, 0.1) is 0 Å². The van der Waals surface area contributed by atoms with Gasteiger partial charge in [-0.05, 0) is 78.2 Å². The summed E-state index contributed by atoms with van der Waals surface area (Å²) in [7, 11) is 0. The van der Waals surface area contributed by atoms with Crippen molar-refractivity contribution in [3.8, 4) is 79.9 Å². The van der Waals surface area contributed by atoms with E-state index >= 15 is 0 Å². The molecule has 9 aromatic carbocycles. The molecule has 68 heavy (non-hydrogen) atoms. The van der Waals surface area contributed by atoms with Crippen LogP contribution in [-0.4, -0.2) is 29.1 Å². The van der Waals surface area contributed by atoms with Gasteiger partial charge in [0.2, 0.25) is 0 Å². The summed E-state index contributed by atoms with van der Waals surface area (Å²) in [6.07, 6.45) is 0. The Hall–Kier alpha value is -9.40. The van der Waals surface area contributed by atoms with Crippen molar-refractivity contribution >= 4 is 54.4 Å². The van der Waals surface area contributed by atoms with Crippen molar-refractivity contribution in [2.24, 2.45) is 0 Å². The Morgan fingerprint density at radius 2 is 0.912 bits per heavy atom. The fourth-order valence-electron chi connectivity index (χ4n) is 9.94. The van der Waals surface area contributed by atoms with Crippen LogP contribution in [0.15, 0.2) is 218 Å². The summed E-state index contributed by atoms with van der Waals surface area (Å²) in [5.74, 6) is 5.43. The zero-order chi connectivity index (χ0) is 44.7. The molecule has 0 spiro atoms. The standard InChI is InChI=1S/C60H36N6O2/c1-3-15-37(16-4-1)58-62-59(38-17-5-2-6-18-38)64-60(63-58)41-29-31-42-39(35-41)19-13-25-47(42)65-49-24-10-8-21-45(49)56-50(65)33-32-44-43-20-7-9-23-48(43)66(57(44)56)55-28-14-22-46(61-55)40-30-34-53-54(36-40)68-52-27-12-11-26-51(52)67-53/h1-36H. The monoisotopic (exact) mass is 872 g/mol. The lowest BCUT2D eigenvalue weighted by atomic mass is 10.0. The number of fused-ring (bicyclic) bond motifs is 10. The Bertz CT molecular complexity index is 4100. The van der Waals surface area contributed by atoms with Crippen LogP contribution in [0.3, 0.4) is 0 Å². The molecule has 0 atom stereocenters. The summed E-state index contributed by atoms with van der Waals surface area (Å²) in [5.41, 5.74) is 10.0. The molecule has 0 N–H and O–H groups in total. The Balaban J connectivity index is 0.937. The van der Waals surface area contributed by atoms with Gasteiger partial charge in [-0.1, -0.05) is 146 Å². The molecular weight excluding hydrogens is 837 g/mol. The maximum atomic E-state index is 6.31. The molecule has 0 radical (unpaired) electrons. The van der Waals surface area contributed by atoms with Crippen LogP contribution in [0.4, 0.5) is 0 Å². The van der Waals surface area contributed by atoms with Crippen LogP contribution >= 0.6 is 0 Å². The predicted octanol–water partition coefficient (Wildman–Crippen LogP) is 15.2. The van der Waals surface area contributed by atoms with Gasteiger partial charge in [-0.25, -0.2) is 19.9 Å². The minimum absolute atomic E-state index is 0.620. The smallest absolute Gasteiger partial charge is 0.170 e. The molecule has 1 aliphatic heterocycles. The highest BCUT2D eigenvalue weighted by Crippen LogP contribution is 2.47. The maximum absolute atomic E-state index is 6.31. The van der Waals surface area contributed by atoms with E-state index in [0.29, 0.717) is 40.5 Å². The summed E-state index contributed by atoms with van der Waals surface area (Å²) in [6.45, 7) is 0. The molecule has 0 saturated heterocycles. The third kappa shape index (κ3) is 6.01. The van der Waals surface area contributed by atoms with Crippen LogP contribution in [-0.2, 0) is 0 Å². The summed E-state index contributed by atoms with van der Waals surface area (Å²) >= 11 is 0. The van der Waals surface area contributed by atoms with E-state index in [9.17, 15) is 0 Å². The quantitative estimate of drug-likeness (QED) is 0.166. The van der Waals surface area contributed by atoms with Crippen molar-refractivity contribution in [2.45, 2.75) is 0 Å². The van der Waals surface area contributed by atoms with Gasteiger partial charge in [-0.2, -0.15) is 0 Å². The second-order valence-corrected chi connectivity index (χ2v) is 17.0. The van der Waals surface area contributed by atoms with Gasteiger partial charge in [-0.3, -0.25) is 4.57 Å². The molecule has 8 nitrogen and oxygen atoms in total. The highest BCUT2D eigenvalue weighted by molar-refractivity contribution is 6.26. The average Bonchev–Trinajstić information content (AvgIpc) is 3.93. The van der Waals surface area contributed by atoms with Crippen molar-refractivity contribution < 1.29 is 9.47 Å². The minimum atomic E-state index is 0.620. The Morgan fingerprint density at radius 1 is 0.324 bits per heavy atom. The summed E-state index contributed by atoms with van der Waals surface area (Å²) < 4.78 is 17.2. The molecule has 0 bridgehead atoms. The van der Waals surface area contributed by atoms with Crippen LogP contribution < -0.4 is 9.47 Å². The first-order chi connectivity index (χ1) is 33.7. The van der Waals surface area contributed by atoms with Gasteiger partial charge in [0.15, 0.2) is 40.5 Å². The number of para-hydroxylation sites is 4. The molecule has 14 rings (SSSR count). The molecule has 8 heteroatoms. The van der Waals surface area contributed by atoms with Gasteiger partial charge in [0.05, 0.1) is 33.4 Å². The summed E-state index contributed by atoms with van der Waals surface area (Å²) in [6, 6.07) is 75.1. The summed E-state index contributed by atoms with van der Waals surface area (Å²) in [4.78, 5) is 20.4. The van der Waals surface area contributed by atoms with Crippen molar-refractivity contribution in [3.05, 3.63) is 218 Å². The van der Waals surface area contributed by atoms with Crippen LogP contribution in [0.2, 0.25) is 0 Å². The second-order valence-electron chi connectivity index (χ2n) is 17.0. The fraction of sp³-hybridized carbons (Fsp3) is 0. The van der Waals surface area contributed by atoms with Crippen LogP contribution in [0.5, 0.6) is 23.0 Å². The highest BCUT2D eigenvalue weighted by Gasteiger charge is 2.24. The molecule has 1 aliphatic rings. The molecule has 13 aromatic rings. The van der Waals surface area contributed by atoms with Crippen molar-refractivity contribution in [1.82, 2.24) is 29.1 Å². The molecule has 0 fully saturated rings. The topological polar surface area (TPSA) is 79.9 Å². The molecule has 0 unspecified atom stereocenters. The first-order valence-electron chi connectivity index (χ1n) is 22.6. The molecule has 0 aliphatic carbocycles. The SMILES string of the molecule is c1ccc(-c2nc(-c3ccccc3)nc(-c3ccc4c(-n5c6ccccc6c6c5ccc5c7ccccc7n(-c7cccc(-c8ccc9c(c8)Oc8ccccc8O9)n7)c56)cccc4c3)n2)cc1. The van der Waals surface area contributed by atoms with E-state index < -0.39 is 0 Å². The first-order valence-corrected chi connectivity index (χ1v) is 22.6. The Morgan fingerprint density at radius 3 is 1.66 bits per heavy atom. The number of hydrogen-bond acceptors (Lipinski definition) is 6. The van der Waals surface area contributed by atoms with E-state index in [0.717, 1.165) is 93.8 Å². The number of hydrogen-bond donors (Lipinski definition) is 0. The third-order valence-electron chi connectivity index (χ3n) is 13.0. The van der Waals surface area contributed by atoms with E-state index in [4.69, 9.17) is 29.4 Å². The number of aromatic nitrogens is 6. The number of ether oxygens (including phenoxy) is 2. The molecule has 5 heterocycles. The highest BCUT2D eigenvalue weighted by atomic mass is 16.6. The lowest BCUT2D eigenvalue weighted by molar-refractivity contribution is 0.360. The normalized spacial score (nSPS) is 12.1. The van der Waals surface area contributed by atoms with E-state index in [1.807, 2.05) is 103 Å². The van der Waals surface area contributed by atoms with Gasteiger partial charge in [0.25, 0.3) is 0 Å². The predicted molar refractivity (Wildman–Crippen MR) is 272 cm³/mol. The Labute approximate surface area is 389 Å². The van der Waals surface area contributed by atoms with Gasteiger partial charge in [0.1, 0.15) is 5.82 Å². The second kappa shape index (κ2) is 15.1. The van der Waals surface area contributed by atoms with Gasteiger partial charge in [-0.15, -0.1) is 0 Å². The third-order valence-corrected chi connectivity index (χ3v) is 13.0. The van der Waals surface area contributed by atoms with Crippen LogP contribution in [0.1, 0.15) is 0 Å². The Kier molecular flexibility index (Phi) is 8.41. The largest absolute Gasteiger partial charge is 0.450 e. The number of nitrogens with zero attached hydrogens (tertiary/aromatic N) is 6. The van der Waals surface area contributed by atoms with Gasteiger partial charge < -0.3 is 14.0 Å². The zero-order valence-electron chi connectivity index (χ0n) is 36.3. The van der Waals surface area contributed by atoms with Crippen molar-refractivity contribution in [3.63, 3.8) is 0 Å². The zero-order valence-corrected chi connectivity index (χ0v) is 36.3. The number of benzene rings is 9. The number of rotatable bonds is 6. The molecule has 0 saturated carbocycles. The van der Waals surface area contributed by atoms with E-state index in [1.165, 1.54) is 0 Å². The van der Waals surface area contributed by atoms with E-state index in [1.54, 1.807) is 0 Å². The van der Waals surface area contributed by atoms with E-state index in [2.05, 4.69) is 124 Å². The molecule has 4 aromatic heterocycles. The van der Waals surface area contributed by atoms with E-state index in [-0.39, 0.29) is 0 Å². The average molecular weight is 873 g/mol. The van der Waals surface area contributed by atoms with Crippen molar-refractivity contribution in [2.75, 3.05) is 0 Å². The molecule has 0 amide bonds. The first kappa shape index (κ1) is 37.9. The lowest BCUT2D eigenvalue weighted by Gasteiger charge is -2.21. The maximum Gasteiger partial charge on any atom is 0.170 e. The minimum Gasteiger partial charge on any atom is -0.450 e. The molecular formula is C60H36N6O2. The van der Waals surface area contributed by atoms with Gasteiger partial charge >= 0.3 is 0 Å². The fourth-order valence-corrected chi connectivity index (χ4v) is 9.94. The lowest BCUT2D eigenvalue weighted by Crippen LogP contribution is -2.01. The van der Waals surface area contributed by atoms with Crippen molar-refractivity contribution in [1.29, 1.82) is 0 Å².